The molecule has 0 spiro atoms. The number of nitrogens with zero attached hydrogens (tertiary/aromatic N) is 2. The van der Waals surface area contributed by atoms with Crippen molar-refractivity contribution in [2.45, 2.75) is 31.7 Å². The van der Waals surface area contributed by atoms with Gasteiger partial charge >= 0.3 is 0 Å². The summed E-state index contributed by atoms with van der Waals surface area (Å²) in [7, 11) is -3.36. The summed E-state index contributed by atoms with van der Waals surface area (Å²) in [6, 6.07) is 6.02. The average Bonchev–Trinajstić information content (AvgIpc) is 3.03. The van der Waals surface area contributed by atoms with E-state index in [1.165, 1.54) is 4.88 Å². The average molecular weight is 371 g/mol. The minimum absolute atomic E-state index is 0.492. The fourth-order valence-electron chi connectivity index (χ4n) is 2.97. The number of sulfonamides is 1. The van der Waals surface area contributed by atoms with Crippen molar-refractivity contribution in [3.05, 3.63) is 38.2 Å². The minimum atomic E-state index is -3.36. The van der Waals surface area contributed by atoms with E-state index in [2.05, 4.69) is 22.4 Å². The maximum absolute atomic E-state index is 12.9. The van der Waals surface area contributed by atoms with Crippen LogP contribution in [0.15, 0.2) is 28.5 Å². The fraction of sp³-hybridized carbons (Fsp3) is 0.500. The zero-order valence-electron chi connectivity index (χ0n) is 13.5. The third-order valence-corrected chi connectivity index (χ3v) is 8.10. The monoisotopic (exact) mass is 370 g/mol. The molecule has 0 saturated carbocycles. The van der Waals surface area contributed by atoms with Gasteiger partial charge in [0.2, 0.25) is 10.0 Å². The van der Waals surface area contributed by atoms with E-state index in [1.807, 2.05) is 19.9 Å². The predicted molar refractivity (Wildman–Crippen MR) is 96.8 cm³/mol. The smallest absolute Gasteiger partial charge is 0.244 e. The molecular weight excluding hydrogens is 348 g/mol. The minimum Gasteiger partial charge on any atom is -0.297 e. The Morgan fingerprint density at radius 2 is 2.00 bits per heavy atom. The van der Waals surface area contributed by atoms with Crippen molar-refractivity contribution in [3.8, 4) is 0 Å². The third-order valence-electron chi connectivity index (χ3n) is 4.12. The summed E-state index contributed by atoms with van der Waals surface area (Å²) in [5.74, 6) is 0. The highest BCUT2D eigenvalue weighted by molar-refractivity contribution is 7.89. The van der Waals surface area contributed by atoms with Crippen molar-refractivity contribution in [1.82, 2.24) is 9.21 Å². The van der Waals surface area contributed by atoms with E-state index < -0.39 is 10.0 Å². The zero-order chi connectivity index (χ0) is 16.4. The maximum atomic E-state index is 12.9. The predicted octanol–water partition coefficient (Wildman–Crippen LogP) is 3.32. The molecule has 0 radical (unpaired) electrons. The molecule has 2 aromatic rings. The fourth-order valence-corrected chi connectivity index (χ4v) is 6.71. The third kappa shape index (κ3) is 3.85. The lowest BCUT2D eigenvalue weighted by Gasteiger charge is -2.21. The van der Waals surface area contributed by atoms with Crippen molar-refractivity contribution in [2.24, 2.45) is 0 Å². The molecular formula is C16H22N2O2S3. The Morgan fingerprint density at radius 1 is 1.17 bits per heavy atom. The van der Waals surface area contributed by atoms with Crippen molar-refractivity contribution in [3.63, 3.8) is 0 Å². The molecule has 1 aliphatic rings. The van der Waals surface area contributed by atoms with E-state index in [-0.39, 0.29) is 0 Å². The van der Waals surface area contributed by atoms with Gasteiger partial charge in [-0.25, -0.2) is 8.42 Å². The summed E-state index contributed by atoms with van der Waals surface area (Å²) in [6.45, 7) is 7.69. The van der Waals surface area contributed by atoms with Crippen LogP contribution in [-0.2, 0) is 16.6 Å². The Bertz CT molecular complexity index is 750. The number of hydrogen-bond donors (Lipinski definition) is 0. The van der Waals surface area contributed by atoms with Gasteiger partial charge in [0, 0.05) is 40.8 Å². The summed E-state index contributed by atoms with van der Waals surface area (Å²) in [5.41, 5.74) is 0. The zero-order valence-corrected chi connectivity index (χ0v) is 15.9. The molecule has 3 rings (SSSR count). The van der Waals surface area contributed by atoms with Gasteiger partial charge in [0.25, 0.3) is 0 Å². The van der Waals surface area contributed by atoms with E-state index in [4.69, 9.17) is 0 Å². The highest BCUT2D eigenvalue weighted by Crippen LogP contribution is 2.28. The first kappa shape index (κ1) is 17.1. The molecule has 0 N–H and O–H groups in total. The summed E-state index contributed by atoms with van der Waals surface area (Å²) >= 11 is 3.31. The summed E-state index contributed by atoms with van der Waals surface area (Å²) < 4.78 is 27.5. The molecule has 7 heteroatoms. The summed E-state index contributed by atoms with van der Waals surface area (Å²) in [6.07, 6.45) is 0.882. The Labute approximate surface area is 146 Å². The van der Waals surface area contributed by atoms with Crippen LogP contribution in [0.4, 0.5) is 0 Å². The van der Waals surface area contributed by atoms with Crippen LogP contribution in [0.25, 0.3) is 0 Å². The van der Waals surface area contributed by atoms with Gasteiger partial charge in [-0.05, 0) is 44.3 Å². The molecule has 3 heterocycles. The highest BCUT2D eigenvalue weighted by atomic mass is 32.2. The van der Waals surface area contributed by atoms with Crippen LogP contribution in [0.3, 0.4) is 0 Å². The van der Waals surface area contributed by atoms with Crippen LogP contribution in [0.2, 0.25) is 0 Å². The second kappa shape index (κ2) is 7.03. The summed E-state index contributed by atoms with van der Waals surface area (Å²) in [4.78, 5) is 6.13. The van der Waals surface area contributed by atoms with Crippen LogP contribution in [0.5, 0.6) is 0 Å². The largest absolute Gasteiger partial charge is 0.297 e. The van der Waals surface area contributed by atoms with Crippen LogP contribution in [0, 0.1) is 13.8 Å². The van der Waals surface area contributed by atoms with Crippen molar-refractivity contribution in [1.29, 1.82) is 0 Å². The van der Waals surface area contributed by atoms with Crippen LogP contribution in [0.1, 0.15) is 21.1 Å². The second-order valence-corrected chi connectivity index (χ2v) is 10.3. The number of aryl methyl sites for hydroxylation is 2. The molecule has 1 fully saturated rings. The highest BCUT2D eigenvalue weighted by Gasteiger charge is 2.29. The Kier molecular flexibility index (Phi) is 5.22. The van der Waals surface area contributed by atoms with Crippen LogP contribution in [-0.4, -0.2) is 43.8 Å². The van der Waals surface area contributed by atoms with Gasteiger partial charge < -0.3 is 0 Å². The van der Waals surface area contributed by atoms with E-state index in [1.54, 1.807) is 27.0 Å². The quantitative estimate of drug-likeness (QED) is 0.829. The number of rotatable bonds is 4. The van der Waals surface area contributed by atoms with Crippen molar-refractivity contribution < 1.29 is 8.42 Å². The maximum Gasteiger partial charge on any atom is 0.244 e. The standard InChI is InChI=1S/C16H22N2O2S3/c1-13-11-16(14(2)22-13)23(19,20)18-7-4-6-17(8-9-18)12-15-5-3-10-21-15/h3,5,10-11H,4,6-9,12H2,1-2H3. The van der Waals surface area contributed by atoms with Gasteiger partial charge in [0.15, 0.2) is 0 Å². The molecule has 1 saturated heterocycles. The molecule has 0 bridgehead atoms. The first-order valence-corrected chi connectivity index (χ1v) is 10.9. The summed E-state index contributed by atoms with van der Waals surface area (Å²) in [5, 5.41) is 2.09. The lowest BCUT2D eigenvalue weighted by atomic mass is 10.3. The molecule has 0 aromatic carbocycles. The molecule has 23 heavy (non-hydrogen) atoms. The topological polar surface area (TPSA) is 40.6 Å². The van der Waals surface area contributed by atoms with Crippen LogP contribution >= 0.6 is 22.7 Å². The first-order chi connectivity index (χ1) is 11.0. The first-order valence-electron chi connectivity index (χ1n) is 7.79. The van der Waals surface area contributed by atoms with E-state index >= 15 is 0 Å². The van der Waals surface area contributed by atoms with E-state index in [0.717, 1.165) is 35.8 Å². The van der Waals surface area contributed by atoms with E-state index in [0.29, 0.717) is 18.0 Å². The van der Waals surface area contributed by atoms with Gasteiger partial charge in [-0.3, -0.25) is 4.90 Å². The second-order valence-electron chi connectivity index (χ2n) is 5.89. The van der Waals surface area contributed by atoms with E-state index in [9.17, 15) is 8.42 Å². The van der Waals surface area contributed by atoms with Gasteiger partial charge in [0.1, 0.15) is 0 Å². The van der Waals surface area contributed by atoms with Gasteiger partial charge in [0.05, 0.1) is 4.90 Å². The van der Waals surface area contributed by atoms with Gasteiger partial charge in [-0.15, -0.1) is 22.7 Å². The normalized spacial score (nSPS) is 18.2. The molecule has 0 aliphatic carbocycles. The molecule has 0 unspecified atom stereocenters. The lowest BCUT2D eigenvalue weighted by Crippen LogP contribution is -2.35. The lowest BCUT2D eigenvalue weighted by molar-refractivity contribution is 0.281. The molecule has 2 aromatic heterocycles. The molecule has 0 atom stereocenters. The van der Waals surface area contributed by atoms with Crippen LogP contribution < -0.4 is 0 Å². The Morgan fingerprint density at radius 3 is 2.65 bits per heavy atom. The van der Waals surface area contributed by atoms with Gasteiger partial charge in [-0.1, -0.05) is 6.07 Å². The molecule has 0 amide bonds. The molecule has 4 nitrogen and oxygen atoms in total. The molecule has 1 aliphatic heterocycles. The Hall–Kier alpha value is -0.730. The number of hydrogen-bond acceptors (Lipinski definition) is 5. The van der Waals surface area contributed by atoms with Crippen molar-refractivity contribution >= 4 is 32.7 Å². The Balaban J connectivity index is 1.71. The SMILES string of the molecule is Cc1cc(S(=O)(=O)N2CCCN(Cc3cccs3)CC2)c(C)s1. The molecule has 126 valence electrons. The van der Waals surface area contributed by atoms with Gasteiger partial charge in [-0.2, -0.15) is 4.31 Å². The number of thiophene rings is 2. The van der Waals surface area contributed by atoms with Crippen molar-refractivity contribution in [2.75, 3.05) is 26.2 Å².